The lowest BCUT2D eigenvalue weighted by atomic mass is 10.0. The minimum atomic E-state index is -0.855. The van der Waals surface area contributed by atoms with Crippen LogP contribution in [-0.4, -0.2) is 27.2 Å². The molecule has 2 heterocycles. The Balaban J connectivity index is 1.63. The van der Waals surface area contributed by atoms with Crippen LogP contribution < -0.4 is 16.2 Å². The number of rotatable bonds is 7. The van der Waals surface area contributed by atoms with Crippen molar-refractivity contribution >= 4 is 28.8 Å². The van der Waals surface area contributed by atoms with E-state index in [1.807, 2.05) is 60.7 Å². The molecule has 0 unspecified atom stereocenters. The van der Waals surface area contributed by atoms with Gasteiger partial charge in [-0.05, 0) is 36.1 Å². The molecule has 0 radical (unpaired) electrons. The molecule has 8 heteroatoms. The van der Waals surface area contributed by atoms with Crippen LogP contribution >= 0.6 is 11.3 Å². The Labute approximate surface area is 195 Å². The molecule has 1 atom stereocenters. The highest BCUT2D eigenvalue weighted by molar-refractivity contribution is 7.12. The minimum absolute atomic E-state index is 0.190. The van der Waals surface area contributed by atoms with Crippen LogP contribution in [0.2, 0.25) is 0 Å². The molecule has 0 aliphatic heterocycles. The van der Waals surface area contributed by atoms with Crippen molar-refractivity contribution < 1.29 is 9.59 Å². The van der Waals surface area contributed by atoms with Gasteiger partial charge in [0.05, 0.1) is 16.3 Å². The van der Waals surface area contributed by atoms with Crippen LogP contribution in [0.15, 0.2) is 83.0 Å². The van der Waals surface area contributed by atoms with Crippen LogP contribution in [0.3, 0.4) is 0 Å². The number of para-hydroxylation sites is 1. The second kappa shape index (κ2) is 9.70. The number of hydrogen-bond acceptors (Lipinski definition) is 4. The zero-order valence-electron chi connectivity index (χ0n) is 18.3. The maximum Gasteiger partial charge on any atom is 0.295 e. The van der Waals surface area contributed by atoms with Crippen molar-refractivity contribution in [1.82, 2.24) is 14.7 Å². The summed E-state index contributed by atoms with van der Waals surface area (Å²) in [5.74, 6) is -0.776. The first-order valence-electron chi connectivity index (χ1n) is 10.5. The normalized spacial score (nSPS) is 11.7. The van der Waals surface area contributed by atoms with Gasteiger partial charge in [0.1, 0.15) is 11.7 Å². The van der Waals surface area contributed by atoms with Crippen molar-refractivity contribution in [2.75, 3.05) is 5.32 Å². The van der Waals surface area contributed by atoms with Crippen molar-refractivity contribution in [3.8, 4) is 5.69 Å². The molecule has 0 bridgehead atoms. The van der Waals surface area contributed by atoms with Gasteiger partial charge in [-0.2, -0.15) is 0 Å². The number of anilines is 1. The number of aromatic nitrogens is 2. The van der Waals surface area contributed by atoms with Gasteiger partial charge in [0.15, 0.2) is 0 Å². The van der Waals surface area contributed by atoms with E-state index in [-0.39, 0.29) is 17.2 Å². The first-order chi connectivity index (χ1) is 16.0. The van der Waals surface area contributed by atoms with E-state index in [0.29, 0.717) is 22.7 Å². The molecule has 0 fully saturated rings. The molecule has 7 nitrogen and oxygen atoms in total. The summed E-state index contributed by atoms with van der Waals surface area (Å²) in [6.07, 6.45) is 0.294. The monoisotopic (exact) mass is 460 g/mol. The number of nitrogens with zero attached hydrogens (tertiary/aromatic N) is 2. The fourth-order valence-electron chi connectivity index (χ4n) is 3.62. The molecule has 0 saturated carbocycles. The molecule has 2 aromatic heterocycles. The summed E-state index contributed by atoms with van der Waals surface area (Å²) in [6.45, 7) is 1.77. The molecule has 2 N–H and O–H groups in total. The SMILES string of the molecule is Cc1c(NC(=O)[C@H](Cc2ccccc2)NC(=O)c2cccs2)c(=O)n(-c2ccccc2)n1C. The highest BCUT2D eigenvalue weighted by Crippen LogP contribution is 2.16. The van der Waals surface area contributed by atoms with Gasteiger partial charge in [-0.25, -0.2) is 4.68 Å². The maximum atomic E-state index is 13.3. The fraction of sp³-hybridized carbons (Fsp3) is 0.160. The highest BCUT2D eigenvalue weighted by Gasteiger charge is 2.25. The van der Waals surface area contributed by atoms with E-state index in [0.717, 1.165) is 5.56 Å². The third kappa shape index (κ3) is 4.80. The van der Waals surface area contributed by atoms with E-state index < -0.39 is 11.9 Å². The van der Waals surface area contributed by atoms with Crippen LogP contribution in [0, 0.1) is 6.92 Å². The van der Waals surface area contributed by atoms with Crippen LogP contribution in [0.4, 0.5) is 5.69 Å². The van der Waals surface area contributed by atoms with Gasteiger partial charge < -0.3 is 10.6 Å². The van der Waals surface area contributed by atoms with E-state index in [2.05, 4.69) is 10.6 Å². The van der Waals surface area contributed by atoms with Crippen molar-refractivity contribution in [3.05, 3.63) is 105 Å². The van der Waals surface area contributed by atoms with Crippen LogP contribution in [0.5, 0.6) is 0 Å². The molecule has 0 aliphatic rings. The molecular formula is C25H24N4O3S. The van der Waals surface area contributed by atoms with Crippen molar-refractivity contribution in [1.29, 1.82) is 0 Å². The Kier molecular flexibility index (Phi) is 6.55. The standard InChI is InChI=1S/C25H24N4O3S/c1-17-22(25(32)29(28(17)2)19-12-7-4-8-13-19)27-23(30)20(16-18-10-5-3-6-11-18)26-24(31)21-14-9-15-33-21/h3-15,20H,16H2,1-2H3,(H,26,31)(H,27,30)/t20-/m0/s1. The first kappa shape index (κ1) is 22.3. The Morgan fingerprint density at radius 2 is 1.64 bits per heavy atom. The number of benzene rings is 2. The summed E-state index contributed by atoms with van der Waals surface area (Å²) in [7, 11) is 1.76. The predicted molar refractivity (Wildman–Crippen MR) is 130 cm³/mol. The molecule has 168 valence electrons. The molecule has 2 amide bonds. The van der Waals surface area contributed by atoms with Crippen LogP contribution in [0.1, 0.15) is 20.9 Å². The number of amides is 2. The molecule has 0 aliphatic carbocycles. The average molecular weight is 461 g/mol. The van der Waals surface area contributed by atoms with Crippen LogP contribution in [-0.2, 0) is 18.3 Å². The molecule has 4 rings (SSSR count). The minimum Gasteiger partial charge on any atom is -0.339 e. The average Bonchev–Trinajstić information content (AvgIpc) is 3.44. The second-order valence-corrected chi connectivity index (χ2v) is 8.57. The zero-order chi connectivity index (χ0) is 23.4. The van der Waals surface area contributed by atoms with E-state index in [4.69, 9.17) is 0 Å². The number of carbonyl (C=O) groups is 2. The second-order valence-electron chi connectivity index (χ2n) is 7.62. The molecule has 2 aromatic carbocycles. The largest absolute Gasteiger partial charge is 0.339 e. The van der Waals surface area contributed by atoms with E-state index >= 15 is 0 Å². The van der Waals surface area contributed by atoms with Gasteiger partial charge >= 0.3 is 0 Å². The van der Waals surface area contributed by atoms with E-state index in [9.17, 15) is 14.4 Å². The van der Waals surface area contributed by atoms with Crippen molar-refractivity contribution in [2.24, 2.45) is 7.05 Å². The number of thiophene rings is 1. The molecule has 0 spiro atoms. The van der Waals surface area contributed by atoms with Crippen molar-refractivity contribution in [2.45, 2.75) is 19.4 Å². The topological polar surface area (TPSA) is 85.1 Å². The quantitative estimate of drug-likeness (QED) is 0.443. The number of hydrogen-bond donors (Lipinski definition) is 2. The number of carbonyl (C=O) groups excluding carboxylic acids is 2. The summed E-state index contributed by atoms with van der Waals surface area (Å²) in [5, 5.41) is 7.41. The molecule has 4 aromatic rings. The lowest BCUT2D eigenvalue weighted by Crippen LogP contribution is -2.45. The Hall–Kier alpha value is -3.91. The van der Waals surface area contributed by atoms with Crippen molar-refractivity contribution in [3.63, 3.8) is 0 Å². The highest BCUT2D eigenvalue weighted by atomic mass is 32.1. The molecular weight excluding hydrogens is 436 g/mol. The smallest absolute Gasteiger partial charge is 0.295 e. The lowest BCUT2D eigenvalue weighted by Gasteiger charge is -2.18. The Morgan fingerprint density at radius 3 is 2.27 bits per heavy atom. The van der Waals surface area contributed by atoms with Gasteiger partial charge in [0, 0.05) is 13.5 Å². The third-order valence-electron chi connectivity index (χ3n) is 5.45. The fourth-order valence-corrected chi connectivity index (χ4v) is 4.25. The van der Waals surface area contributed by atoms with Crippen LogP contribution in [0.25, 0.3) is 5.69 Å². The Morgan fingerprint density at radius 1 is 0.970 bits per heavy atom. The summed E-state index contributed by atoms with van der Waals surface area (Å²) in [6, 6.07) is 21.3. The zero-order valence-corrected chi connectivity index (χ0v) is 19.1. The van der Waals surface area contributed by atoms with Gasteiger partial charge in [-0.3, -0.25) is 19.1 Å². The lowest BCUT2D eigenvalue weighted by molar-refractivity contribution is -0.118. The summed E-state index contributed by atoms with van der Waals surface area (Å²) < 4.78 is 3.20. The molecule has 0 saturated heterocycles. The van der Waals surface area contributed by atoms with E-state index in [1.165, 1.54) is 16.0 Å². The third-order valence-corrected chi connectivity index (χ3v) is 6.32. The molecule has 33 heavy (non-hydrogen) atoms. The Bertz CT molecular complexity index is 1310. The van der Waals surface area contributed by atoms with Gasteiger partial charge in [-0.1, -0.05) is 54.6 Å². The summed E-state index contributed by atoms with van der Waals surface area (Å²) >= 11 is 1.30. The number of nitrogens with one attached hydrogen (secondary N) is 2. The van der Waals surface area contributed by atoms with Gasteiger partial charge in [-0.15, -0.1) is 11.3 Å². The predicted octanol–water partition coefficient (Wildman–Crippen LogP) is 3.53. The van der Waals surface area contributed by atoms with E-state index in [1.54, 1.807) is 36.2 Å². The van der Waals surface area contributed by atoms with Gasteiger partial charge in [0.2, 0.25) is 5.91 Å². The first-order valence-corrected chi connectivity index (χ1v) is 11.4. The summed E-state index contributed by atoms with van der Waals surface area (Å²) in [5.41, 5.74) is 2.06. The van der Waals surface area contributed by atoms with Gasteiger partial charge in [0.25, 0.3) is 11.5 Å². The summed E-state index contributed by atoms with van der Waals surface area (Å²) in [4.78, 5) is 39.7. The maximum absolute atomic E-state index is 13.3.